The summed E-state index contributed by atoms with van der Waals surface area (Å²) in [7, 11) is 1.59. The summed E-state index contributed by atoms with van der Waals surface area (Å²) in [5, 5.41) is 7.14. The van der Waals surface area contributed by atoms with Gasteiger partial charge in [-0.05, 0) is 18.1 Å². The standard InChI is InChI=1S/C18H23N5O3/c1-26-8-7-23-17(24)9-16(12-21-23)22-6-4-15(13-22)18(25)20-11-14-3-2-5-19-10-14/h2-3,5,9-10,12,15H,4,6-8,11,13H2,1H3,(H,20,25). The number of hydrogen-bond acceptors (Lipinski definition) is 6. The van der Waals surface area contributed by atoms with Gasteiger partial charge in [-0.25, -0.2) is 4.68 Å². The van der Waals surface area contributed by atoms with Crippen LogP contribution < -0.4 is 15.8 Å². The van der Waals surface area contributed by atoms with Gasteiger partial charge in [0.15, 0.2) is 0 Å². The Bertz CT molecular complexity index is 793. The minimum atomic E-state index is -0.163. The topological polar surface area (TPSA) is 89.3 Å². The van der Waals surface area contributed by atoms with Crippen molar-refractivity contribution in [2.24, 2.45) is 5.92 Å². The highest BCUT2D eigenvalue weighted by molar-refractivity contribution is 5.80. The predicted octanol–water partition coefficient (Wildman–Crippen LogP) is 0.427. The molecule has 3 rings (SSSR count). The van der Waals surface area contributed by atoms with Crippen molar-refractivity contribution in [3.63, 3.8) is 0 Å². The van der Waals surface area contributed by atoms with Crippen LogP contribution in [0, 0.1) is 5.92 Å². The first-order valence-corrected chi connectivity index (χ1v) is 8.65. The summed E-state index contributed by atoms with van der Waals surface area (Å²) >= 11 is 0. The molecule has 3 heterocycles. The van der Waals surface area contributed by atoms with Crippen LogP contribution in [0.4, 0.5) is 5.69 Å². The van der Waals surface area contributed by atoms with Crippen LogP contribution in [0.25, 0.3) is 0 Å². The highest BCUT2D eigenvalue weighted by Crippen LogP contribution is 2.22. The van der Waals surface area contributed by atoms with E-state index in [9.17, 15) is 9.59 Å². The van der Waals surface area contributed by atoms with Crippen LogP contribution in [0.5, 0.6) is 0 Å². The van der Waals surface area contributed by atoms with Crippen LogP contribution in [-0.2, 0) is 22.6 Å². The second-order valence-electron chi connectivity index (χ2n) is 6.28. The summed E-state index contributed by atoms with van der Waals surface area (Å²) in [4.78, 5) is 30.6. The van der Waals surface area contributed by atoms with Crippen molar-refractivity contribution in [1.82, 2.24) is 20.1 Å². The number of anilines is 1. The molecule has 138 valence electrons. The van der Waals surface area contributed by atoms with Crippen LogP contribution in [0.3, 0.4) is 0 Å². The first kappa shape index (κ1) is 18.1. The van der Waals surface area contributed by atoms with Crippen molar-refractivity contribution in [2.75, 3.05) is 31.7 Å². The molecule has 8 nitrogen and oxygen atoms in total. The molecule has 0 saturated carbocycles. The molecular weight excluding hydrogens is 334 g/mol. The third kappa shape index (κ3) is 4.45. The van der Waals surface area contributed by atoms with Gasteiger partial charge in [-0.15, -0.1) is 0 Å². The summed E-state index contributed by atoms with van der Waals surface area (Å²) in [6, 6.07) is 5.34. The largest absolute Gasteiger partial charge is 0.383 e. The Labute approximate surface area is 151 Å². The van der Waals surface area contributed by atoms with Gasteiger partial charge in [0.2, 0.25) is 5.91 Å². The Morgan fingerprint density at radius 3 is 3.04 bits per heavy atom. The minimum Gasteiger partial charge on any atom is -0.383 e. The van der Waals surface area contributed by atoms with Gasteiger partial charge in [-0.1, -0.05) is 6.07 Å². The molecule has 2 aromatic heterocycles. The second kappa shape index (κ2) is 8.57. The highest BCUT2D eigenvalue weighted by Gasteiger charge is 2.28. The van der Waals surface area contributed by atoms with Crippen molar-refractivity contribution < 1.29 is 9.53 Å². The third-order valence-corrected chi connectivity index (χ3v) is 4.48. The number of nitrogens with one attached hydrogen (secondary N) is 1. The Balaban J connectivity index is 1.55. The quantitative estimate of drug-likeness (QED) is 0.773. The fraction of sp³-hybridized carbons (Fsp3) is 0.444. The van der Waals surface area contributed by atoms with Crippen LogP contribution in [0.1, 0.15) is 12.0 Å². The smallest absolute Gasteiger partial charge is 0.268 e. The van der Waals surface area contributed by atoms with Crippen LogP contribution >= 0.6 is 0 Å². The molecule has 1 amide bonds. The van der Waals surface area contributed by atoms with E-state index in [0.717, 1.165) is 24.2 Å². The highest BCUT2D eigenvalue weighted by atomic mass is 16.5. The number of aromatic nitrogens is 3. The zero-order chi connectivity index (χ0) is 18.4. The number of ether oxygens (including phenoxy) is 1. The molecule has 1 aliphatic heterocycles. The summed E-state index contributed by atoms with van der Waals surface area (Å²) in [6.45, 7) is 2.65. The summed E-state index contributed by atoms with van der Waals surface area (Å²) < 4.78 is 6.34. The van der Waals surface area contributed by atoms with Gasteiger partial charge in [0.05, 0.1) is 31.0 Å². The van der Waals surface area contributed by atoms with Crippen molar-refractivity contribution in [3.8, 4) is 0 Å². The van der Waals surface area contributed by atoms with Gasteiger partial charge >= 0.3 is 0 Å². The van der Waals surface area contributed by atoms with E-state index in [-0.39, 0.29) is 17.4 Å². The number of methoxy groups -OCH3 is 1. The zero-order valence-electron chi connectivity index (χ0n) is 14.8. The molecule has 1 atom stereocenters. The van der Waals surface area contributed by atoms with Crippen LogP contribution in [0.15, 0.2) is 41.6 Å². The van der Waals surface area contributed by atoms with Gasteiger partial charge in [-0.3, -0.25) is 14.6 Å². The number of amides is 1. The number of rotatable bonds is 7. The molecule has 1 N–H and O–H groups in total. The molecule has 8 heteroatoms. The van der Waals surface area contributed by atoms with E-state index in [0.29, 0.717) is 26.2 Å². The Kier molecular flexibility index (Phi) is 5.96. The fourth-order valence-corrected chi connectivity index (χ4v) is 2.99. The molecular formula is C18H23N5O3. The Morgan fingerprint density at radius 2 is 2.31 bits per heavy atom. The van der Waals surface area contributed by atoms with E-state index in [1.165, 1.54) is 4.68 Å². The Hall–Kier alpha value is -2.74. The minimum absolute atomic E-state index is 0.0257. The molecule has 1 fully saturated rings. The van der Waals surface area contributed by atoms with Crippen molar-refractivity contribution in [1.29, 1.82) is 0 Å². The number of hydrogen-bond donors (Lipinski definition) is 1. The molecule has 1 saturated heterocycles. The maximum absolute atomic E-state index is 12.4. The normalized spacial score (nSPS) is 16.7. The number of carbonyl (C=O) groups is 1. The number of nitrogens with zero attached hydrogens (tertiary/aromatic N) is 4. The molecule has 0 radical (unpaired) electrons. The van der Waals surface area contributed by atoms with Crippen molar-refractivity contribution in [3.05, 3.63) is 52.7 Å². The molecule has 0 aromatic carbocycles. The third-order valence-electron chi connectivity index (χ3n) is 4.48. The monoisotopic (exact) mass is 357 g/mol. The van der Waals surface area contributed by atoms with Gasteiger partial charge in [0, 0.05) is 45.2 Å². The van der Waals surface area contributed by atoms with Crippen molar-refractivity contribution in [2.45, 2.75) is 19.5 Å². The predicted molar refractivity (Wildman–Crippen MR) is 96.8 cm³/mol. The van der Waals surface area contributed by atoms with E-state index < -0.39 is 0 Å². The molecule has 0 spiro atoms. The summed E-state index contributed by atoms with van der Waals surface area (Å²) in [5.74, 6) is -0.0691. The van der Waals surface area contributed by atoms with Crippen LogP contribution in [-0.4, -0.2) is 47.5 Å². The number of carbonyl (C=O) groups excluding carboxylic acids is 1. The maximum Gasteiger partial charge on any atom is 0.268 e. The molecule has 1 aliphatic rings. The lowest BCUT2D eigenvalue weighted by Crippen LogP contribution is -2.33. The molecule has 0 bridgehead atoms. The van der Waals surface area contributed by atoms with Gasteiger partial charge in [-0.2, -0.15) is 5.10 Å². The molecule has 2 aromatic rings. The lowest BCUT2D eigenvalue weighted by Gasteiger charge is -2.18. The van der Waals surface area contributed by atoms with E-state index in [1.807, 2.05) is 17.0 Å². The van der Waals surface area contributed by atoms with Gasteiger partial charge < -0.3 is 15.0 Å². The first-order chi connectivity index (χ1) is 12.7. The molecule has 26 heavy (non-hydrogen) atoms. The van der Waals surface area contributed by atoms with Crippen LogP contribution in [0.2, 0.25) is 0 Å². The lowest BCUT2D eigenvalue weighted by molar-refractivity contribution is -0.124. The van der Waals surface area contributed by atoms with Gasteiger partial charge in [0.25, 0.3) is 5.56 Å². The van der Waals surface area contributed by atoms with E-state index >= 15 is 0 Å². The van der Waals surface area contributed by atoms with E-state index in [2.05, 4.69) is 15.4 Å². The first-order valence-electron chi connectivity index (χ1n) is 8.65. The van der Waals surface area contributed by atoms with Crippen molar-refractivity contribution >= 4 is 11.6 Å². The maximum atomic E-state index is 12.4. The number of pyridine rings is 1. The summed E-state index contributed by atoms with van der Waals surface area (Å²) in [6.07, 6.45) is 5.88. The average Bonchev–Trinajstić information content (AvgIpc) is 3.16. The zero-order valence-corrected chi connectivity index (χ0v) is 14.8. The molecule has 1 unspecified atom stereocenters. The van der Waals surface area contributed by atoms with E-state index in [1.54, 1.807) is 31.8 Å². The second-order valence-corrected chi connectivity index (χ2v) is 6.28. The average molecular weight is 357 g/mol. The SMILES string of the molecule is COCCn1ncc(N2CCC(C(=O)NCc3cccnc3)C2)cc1=O. The van der Waals surface area contributed by atoms with E-state index in [4.69, 9.17) is 4.74 Å². The molecule has 0 aliphatic carbocycles. The summed E-state index contributed by atoms with van der Waals surface area (Å²) in [5.41, 5.74) is 1.56. The van der Waals surface area contributed by atoms with Gasteiger partial charge in [0.1, 0.15) is 0 Å². The fourth-order valence-electron chi connectivity index (χ4n) is 2.99. The lowest BCUT2D eigenvalue weighted by atomic mass is 10.1. The Morgan fingerprint density at radius 1 is 1.42 bits per heavy atom.